The van der Waals surface area contributed by atoms with E-state index in [0.717, 1.165) is 18.4 Å². The van der Waals surface area contributed by atoms with Gasteiger partial charge in [-0.25, -0.2) is 4.79 Å². The van der Waals surface area contributed by atoms with Crippen molar-refractivity contribution in [2.24, 2.45) is 0 Å². The summed E-state index contributed by atoms with van der Waals surface area (Å²) in [5.74, 6) is -0.803. The predicted molar refractivity (Wildman–Crippen MR) is 110 cm³/mol. The largest absolute Gasteiger partial charge is 0.462 e. The maximum atomic E-state index is 12.7. The summed E-state index contributed by atoms with van der Waals surface area (Å²) in [6.45, 7) is 12.5. The van der Waals surface area contributed by atoms with Gasteiger partial charge in [0.1, 0.15) is 6.10 Å². The minimum atomic E-state index is -0.935. The van der Waals surface area contributed by atoms with Gasteiger partial charge in [0.15, 0.2) is 0 Å². The summed E-state index contributed by atoms with van der Waals surface area (Å²) in [5.41, 5.74) is -0.557. The SMILES string of the molecule is CC(=O)OC1CC(C)(C)N(CCC(C)(C(=O)OC#N)c2ccccc2)C(C)(C)C1. The first-order valence-electron chi connectivity index (χ1n) is 10.0. The lowest BCUT2D eigenvalue weighted by Gasteiger charge is -2.55. The van der Waals surface area contributed by atoms with Gasteiger partial charge >= 0.3 is 11.9 Å². The second kappa shape index (κ2) is 8.54. The fourth-order valence-corrected chi connectivity index (χ4v) is 4.81. The Labute approximate surface area is 173 Å². The topological polar surface area (TPSA) is 79.6 Å². The molecule has 6 nitrogen and oxygen atoms in total. The Kier molecular flexibility index (Phi) is 6.74. The molecule has 1 heterocycles. The second-order valence-corrected chi connectivity index (χ2v) is 9.35. The number of carbonyl (C=O) groups is 2. The average molecular weight is 401 g/mol. The highest BCUT2D eigenvalue weighted by molar-refractivity contribution is 5.83. The van der Waals surface area contributed by atoms with E-state index in [-0.39, 0.29) is 23.2 Å². The van der Waals surface area contributed by atoms with Crippen molar-refractivity contribution in [3.8, 4) is 6.26 Å². The van der Waals surface area contributed by atoms with Crippen molar-refractivity contribution >= 4 is 11.9 Å². The number of hydrogen-bond acceptors (Lipinski definition) is 6. The van der Waals surface area contributed by atoms with Gasteiger partial charge in [0.25, 0.3) is 6.26 Å². The first-order valence-corrected chi connectivity index (χ1v) is 10.0. The highest BCUT2D eigenvalue weighted by Gasteiger charge is 2.47. The Morgan fingerprint density at radius 3 is 2.21 bits per heavy atom. The molecule has 1 aliphatic rings. The fraction of sp³-hybridized carbons (Fsp3) is 0.609. The molecule has 0 saturated carbocycles. The number of rotatable bonds is 6. The van der Waals surface area contributed by atoms with Crippen molar-refractivity contribution in [1.82, 2.24) is 4.90 Å². The molecule has 1 unspecified atom stereocenters. The zero-order valence-electron chi connectivity index (χ0n) is 18.3. The quantitative estimate of drug-likeness (QED) is 0.531. The standard InChI is InChI=1S/C23H32N2O4/c1-17(26)29-19-14-21(2,3)25(22(4,5)15-19)13-12-23(6,20(27)28-16-24)18-10-8-7-9-11-18/h7-11,19H,12-15H2,1-6H3. The molecule has 0 N–H and O–H groups in total. The molecule has 6 heteroatoms. The van der Waals surface area contributed by atoms with Gasteiger partial charge in [-0.15, -0.1) is 5.26 Å². The number of nitriles is 1. The molecule has 1 aliphatic heterocycles. The predicted octanol–water partition coefficient (Wildman–Crippen LogP) is 3.94. The minimum Gasteiger partial charge on any atom is -0.462 e. The van der Waals surface area contributed by atoms with E-state index in [9.17, 15) is 9.59 Å². The van der Waals surface area contributed by atoms with E-state index in [1.807, 2.05) is 37.3 Å². The first-order chi connectivity index (χ1) is 13.4. The van der Waals surface area contributed by atoms with Gasteiger partial charge in [0.05, 0.1) is 5.41 Å². The molecule has 0 aliphatic carbocycles. The van der Waals surface area contributed by atoms with E-state index in [2.05, 4.69) is 32.6 Å². The number of benzene rings is 1. The molecule has 0 spiro atoms. The van der Waals surface area contributed by atoms with E-state index in [4.69, 9.17) is 14.7 Å². The zero-order valence-corrected chi connectivity index (χ0v) is 18.3. The highest BCUT2D eigenvalue weighted by Crippen LogP contribution is 2.41. The number of likely N-dealkylation sites (tertiary alicyclic amines) is 1. The van der Waals surface area contributed by atoms with Crippen molar-refractivity contribution < 1.29 is 19.1 Å². The van der Waals surface area contributed by atoms with Crippen LogP contribution in [0.5, 0.6) is 0 Å². The Morgan fingerprint density at radius 1 is 1.17 bits per heavy atom. The number of nitrogens with zero attached hydrogens (tertiary/aromatic N) is 2. The van der Waals surface area contributed by atoms with E-state index in [1.54, 1.807) is 0 Å². The molecule has 158 valence electrons. The summed E-state index contributed by atoms with van der Waals surface area (Å²) in [5, 5.41) is 8.89. The molecule has 1 atom stereocenters. The lowest BCUT2D eigenvalue weighted by Crippen LogP contribution is -2.63. The normalized spacial score (nSPS) is 20.9. The van der Waals surface area contributed by atoms with Crippen LogP contribution < -0.4 is 0 Å². The van der Waals surface area contributed by atoms with Crippen LogP contribution >= 0.6 is 0 Å². The Bertz CT molecular complexity index is 764. The first kappa shape index (κ1) is 22.9. The minimum absolute atomic E-state index is 0.127. The van der Waals surface area contributed by atoms with Crippen LogP contribution in [0.3, 0.4) is 0 Å². The molecule has 0 aromatic heterocycles. The van der Waals surface area contributed by atoms with Crippen LogP contribution in [0.15, 0.2) is 30.3 Å². The van der Waals surface area contributed by atoms with Crippen LogP contribution in [-0.4, -0.2) is 40.6 Å². The summed E-state index contributed by atoms with van der Waals surface area (Å²) in [7, 11) is 0. The molecule has 2 rings (SSSR count). The molecule has 1 aromatic carbocycles. The van der Waals surface area contributed by atoms with E-state index in [1.165, 1.54) is 13.2 Å². The highest BCUT2D eigenvalue weighted by atomic mass is 16.5. The number of hydrogen-bond donors (Lipinski definition) is 0. The molecule has 0 bridgehead atoms. The summed E-state index contributed by atoms with van der Waals surface area (Å²) < 4.78 is 10.3. The Balaban J connectivity index is 2.27. The van der Waals surface area contributed by atoms with Gasteiger partial charge in [0.2, 0.25) is 0 Å². The maximum Gasteiger partial charge on any atom is 0.331 e. The summed E-state index contributed by atoms with van der Waals surface area (Å²) >= 11 is 0. The van der Waals surface area contributed by atoms with Gasteiger partial charge in [-0.05, 0) is 46.6 Å². The van der Waals surface area contributed by atoms with Gasteiger partial charge < -0.3 is 9.47 Å². The Morgan fingerprint density at radius 2 is 1.72 bits per heavy atom. The van der Waals surface area contributed by atoms with E-state index in [0.29, 0.717) is 13.0 Å². The summed E-state index contributed by atoms with van der Waals surface area (Å²) in [4.78, 5) is 26.5. The lowest BCUT2D eigenvalue weighted by molar-refractivity contribution is -0.159. The van der Waals surface area contributed by atoms with Crippen LogP contribution in [0.4, 0.5) is 0 Å². The van der Waals surface area contributed by atoms with Crippen molar-refractivity contribution in [2.45, 2.75) is 83.4 Å². The lowest BCUT2D eigenvalue weighted by atomic mass is 9.75. The van der Waals surface area contributed by atoms with Crippen LogP contribution in [0.1, 0.15) is 66.4 Å². The van der Waals surface area contributed by atoms with Crippen LogP contribution in [-0.2, 0) is 24.5 Å². The molecule has 0 amide bonds. The van der Waals surface area contributed by atoms with Crippen molar-refractivity contribution in [2.75, 3.05) is 6.54 Å². The summed E-state index contributed by atoms with van der Waals surface area (Å²) in [6.07, 6.45) is 3.35. The molecule has 1 saturated heterocycles. The van der Waals surface area contributed by atoms with Gasteiger partial charge in [-0.1, -0.05) is 30.3 Å². The monoisotopic (exact) mass is 400 g/mol. The van der Waals surface area contributed by atoms with Gasteiger partial charge in [-0.3, -0.25) is 9.69 Å². The zero-order chi connectivity index (χ0) is 21.9. The van der Waals surface area contributed by atoms with Crippen LogP contribution in [0.25, 0.3) is 0 Å². The van der Waals surface area contributed by atoms with Crippen molar-refractivity contribution in [3.63, 3.8) is 0 Å². The number of esters is 2. The number of carbonyl (C=O) groups excluding carboxylic acids is 2. The third-order valence-electron chi connectivity index (χ3n) is 6.08. The third-order valence-corrected chi connectivity index (χ3v) is 6.08. The third kappa shape index (κ3) is 5.16. The summed E-state index contributed by atoms with van der Waals surface area (Å²) in [6, 6.07) is 9.44. The molecular weight excluding hydrogens is 368 g/mol. The van der Waals surface area contributed by atoms with E-state index < -0.39 is 11.4 Å². The molecule has 1 aromatic rings. The molecule has 1 fully saturated rings. The fourth-order valence-electron chi connectivity index (χ4n) is 4.81. The van der Waals surface area contributed by atoms with E-state index >= 15 is 0 Å². The number of ether oxygens (including phenoxy) is 2. The second-order valence-electron chi connectivity index (χ2n) is 9.35. The molecule has 0 radical (unpaired) electrons. The Hall–Kier alpha value is -2.39. The number of piperidine rings is 1. The molecular formula is C23H32N2O4. The van der Waals surface area contributed by atoms with Crippen LogP contribution in [0.2, 0.25) is 0 Å². The van der Waals surface area contributed by atoms with Crippen molar-refractivity contribution in [3.05, 3.63) is 35.9 Å². The van der Waals surface area contributed by atoms with Gasteiger partial charge in [0, 0.05) is 37.4 Å². The van der Waals surface area contributed by atoms with Crippen LogP contribution in [0, 0.1) is 11.5 Å². The smallest absolute Gasteiger partial charge is 0.331 e. The van der Waals surface area contributed by atoms with Crippen molar-refractivity contribution in [1.29, 1.82) is 5.26 Å². The maximum absolute atomic E-state index is 12.7. The molecule has 29 heavy (non-hydrogen) atoms. The van der Waals surface area contributed by atoms with Gasteiger partial charge in [-0.2, -0.15) is 0 Å². The average Bonchev–Trinajstić information content (AvgIpc) is 2.59.